The number of nitrogens with zero attached hydrogens (tertiary/aromatic N) is 1. The van der Waals surface area contributed by atoms with Crippen molar-refractivity contribution in [2.24, 2.45) is 0 Å². The standard InChI is InChI=1S/C14H26N2O/c1-7-8-12(17)15-11-9-13(2,3)16(6)14(4,5)10-11/h7-8,11H,9-10H2,1-6H3,(H,15,17)/b8-7+. The van der Waals surface area contributed by atoms with Crippen LogP contribution in [-0.4, -0.2) is 35.0 Å². The minimum Gasteiger partial charge on any atom is -0.350 e. The van der Waals surface area contributed by atoms with Crippen molar-refractivity contribution in [3.8, 4) is 0 Å². The van der Waals surface area contributed by atoms with Gasteiger partial charge >= 0.3 is 0 Å². The molecule has 1 saturated heterocycles. The Labute approximate surface area is 105 Å². The van der Waals surface area contributed by atoms with Crippen LogP contribution in [0.4, 0.5) is 0 Å². The summed E-state index contributed by atoms with van der Waals surface area (Å²) in [6.45, 7) is 10.8. The Balaban J connectivity index is 2.75. The predicted molar refractivity (Wildman–Crippen MR) is 71.9 cm³/mol. The molecule has 1 fully saturated rings. The average Bonchev–Trinajstić information content (AvgIpc) is 2.13. The van der Waals surface area contributed by atoms with E-state index in [-0.39, 0.29) is 23.0 Å². The molecule has 98 valence electrons. The fourth-order valence-corrected chi connectivity index (χ4v) is 2.87. The van der Waals surface area contributed by atoms with Gasteiger partial charge in [0.15, 0.2) is 0 Å². The van der Waals surface area contributed by atoms with Crippen molar-refractivity contribution in [2.45, 2.75) is 64.6 Å². The molecule has 0 bridgehead atoms. The first-order chi connectivity index (χ1) is 7.69. The molecular formula is C14H26N2O. The quantitative estimate of drug-likeness (QED) is 0.749. The number of allylic oxidation sites excluding steroid dienone is 1. The maximum Gasteiger partial charge on any atom is 0.243 e. The van der Waals surface area contributed by atoms with Crippen LogP contribution in [0.2, 0.25) is 0 Å². The van der Waals surface area contributed by atoms with Crippen molar-refractivity contribution in [3.05, 3.63) is 12.2 Å². The summed E-state index contributed by atoms with van der Waals surface area (Å²) in [6.07, 6.45) is 5.37. The molecule has 0 spiro atoms. The van der Waals surface area contributed by atoms with E-state index in [0.29, 0.717) is 0 Å². The molecule has 3 heteroatoms. The van der Waals surface area contributed by atoms with Gasteiger partial charge in [-0.05, 0) is 60.6 Å². The Morgan fingerprint density at radius 1 is 1.24 bits per heavy atom. The van der Waals surface area contributed by atoms with Gasteiger partial charge in [-0.15, -0.1) is 0 Å². The van der Waals surface area contributed by atoms with Gasteiger partial charge in [-0.1, -0.05) is 6.08 Å². The van der Waals surface area contributed by atoms with Gasteiger partial charge in [-0.3, -0.25) is 9.69 Å². The third kappa shape index (κ3) is 3.32. The number of likely N-dealkylation sites (tertiary alicyclic amines) is 1. The molecule has 1 N–H and O–H groups in total. The van der Waals surface area contributed by atoms with Crippen LogP contribution in [0.25, 0.3) is 0 Å². The summed E-state index contributed by atoms with van der Waals surface area (Å²) in [6, 6.07) is 0.264. The predicted octanol–water partition coefficient (Wildman–Crippen LogP) is 2.33. The highest BCUT2D eigenvalue weighted by molar-refractivity contribution is 5.87. The van der Waals surface area contributed by atoms with E-state index in [2.05, 4.69) is 45.0 Å². The Hall–Kier alpha value is -0.830. The van der Waals surface area contributed by atoms with E-state index >= 15 is 0 Å². The van der Waals surface area contributed by atoms with Crippen LogP contribution in [0, 0.1) is 0 Å². The molecule has 1 aliphatic rings. The molecular weight excluding hydrogens is 212 g/mol. The number of rotatable bonds is 2. The number of carbonyl (C=O) groups is 1. The smallest absolute Gasteiger partial charge is 0.243 e. The third-order valence-electron chi connectivity index (χ3n) is 3.97. The van der Waals surface area contributed by atoms with Crippen LogP contribution in [0.15, 0.2) is 12.2 Å². The minimum atomic E-state index is 0.0219. The average molecular weight is 238 g/mol. The van der Waals surface area contributed by atoms with Crippen molar-refractivity contribution in [1.82, 2.24) is 10.2 Å². The summed E-state index contributed by atoms with van der Waals surface area (Å²) in [5.74, 6) is 0.0219. The monoisotopic (exact) mass is 238 g/mol. The van der Waals surface area contributed by atoms with Crippen molar-refractivity contribution in [2.75, 3.05) is 7.05 Å². The SMILES string of the molecule is C/C=C/C(=O)NC1CC(C)(C)N(C)C(C)(C)C1. The Morgan fingerprint density at radius 2 is 1.71 bits per heavy atom. The maximum absolute atomic E-state index is 11.6. The molecule has 0 aliphatic carbocycles. The fourth-order valence-electron chi connectivity index (χ4n) is 2.87. The molecule has 3 nitrogen and oxygen atoms in total. The lowest BCUT2D eigenvalue weighted by Crippen LogP contribution is -2.62. The highest BCUT2D eigenvalue weighted by Crippen LogP contribution is 2.36. The molecule has 0 radical (unpaired) electrons. The van der Waals surface area contributed by atoms with Gasteiger partial charge in [-0.25, -0.2) is 0 Å². The molecule has 0 atom stereocenters. The fraction of sp³-hybridized carbons (Fsp3) is 0.786. The van der Waals surface area contributed by atoms with Crippen molar-refractivity contribution < 1.29 is 4.79 Å². The van der Waals surface area contributed by atoms with Crippen molar-refractivity contribution >= 4 is 5.91 Å². The zero-order valence-electron chi connectivity index (χ0n) is 12.0. The second-order valence-electron chi connectivity index (χ2n) is 6.30. The van der Waals surface area contributed by atoms with Crippen LogP contribution in [0.3, 0.4) is 0 Å². The van der Waals surface area contributed by atoms with Gasteiger partial charge < -0.3 is 5.32 Å². The molecule has 0 aromatic carbocycles. The largest absolute Gasteiger partial charge is 0.350 e. The number of amides is 1. The number of piperidine rings is 1. The van der Waals surface area contributed by atoms with Crippen molar-refractivity contribution in [1.29, 1.82) is 0 Å². The van der Waals surface area contributed by atoms with Crippen LogP contribution in [-0.2, 0) is 4.79 Å². The number of hydrogen-bond acceptors (Lipinski definition) is 2. The highest BCUT2D eigenvalue weighted by Gasteiger charge is 2.43. The summed E-state index contributed by atoms with van der Waals surface area (Å²) in [4.78, 5) is 14.0. The second-order valence-corrected chi connectivity index (χ2v) is 6.30. The minimum absolute atomic E-state index is 0.0219. The number of carbonyl (C=O) groups excluding carboxylic acids is 1. The van der Waals surface area contributed by atoms with Gasteiger partial charge in [0.2, 0.25) is 5.91 Å². The van der Waals surface area contributed by atoms with E-state index < -0.39 is 0 Å². The van der Waals surface area contributed by atoms with Gasteiger partial charge in [0.1, 0.15) is 0 Å². The molecule has 1 rings (SSSR count). The first kappa shape index (κ1) is 14.2. The first-order valence-corrected chi connectivity index (χ1v) is 6.36. The number of hydrogen-bond donors (Lipinski definition) is 1. The summed E-state index contributed by atoms with van der Waals surface area (Å²) < 4.78 is 0. The summed E-state index contributed by atoms with van der Waals surface area (Å²) in [5.41, 5.74) is 0.241. The zero-order valence-corrected chi connectivity index (χ0v) is 12.0. The summed E-state index contributed by atoms with van der Waals surface area (Å²) >= 11 is 0. The van der Waals surface area contributed by atoms with Crippen LogP contribution >= 0.6 is 0 Å². The number of nitrogens with one attached hydrogen (secondary N) is 1. The molecule has 1 aliphatic heterocycles. The molecule has 0 aromatic heterocycles. The van der Waals surface area contributed by atoms with E-state index in [1.807, 2.05) is 6.92 Å². The molecule has 1 amide bonds. The Bertz CT molecular complexity index is 300. The lowest BCUT2D eigenvalue weighted by Gasteiger charge is -2.53. The van der Waals surface area contributed by atoms with Gasteiger partial charge in [0.25, 0.3) is 0 Å². The second kappa shape index (κ2) is 4.81. The van der Waals surface area contributed by atoms with Crippen LogP contribution in [0.5, 0.6) is 0 Å². The maximum atomic E-state index is 11.6. The zero-order chi connectivity index (χ0) is 13.3. The van der Waals surface area contributed by atoms with Gasteiger partial charge in [0.05, 0.1) is 0 Å². The van der Waals surface area contributed by atoms with E-state index in [0.717, 1.165) is 12.8 Å². The van der Waals surface area contributed by atoms with Crippen LogP contribution in [0.1, 0.15) is 47.5 Å². The van der Waals surface area contributed by atoms with Crippen molar-refractivity contribution in [3.63, 3.8) is 0 Å². The first-order valence-electron chi connectivity index (χ1n) is 6.36. The van der Waals surface area contributed by atoms with E-state index in [1.54, 1.807) is 12.2 Å². The lowest BCUT2D eigenvalue weighted by atomic mass is 9.77. The highest BCUT2D eigenvalue weighted by atomic mass is 16.1. The third-order valence-corrected chi connectivity index (χ3v) is 3.97. The Morgan fingerprint density at radius 3 is 2.12 bits per heavy atom. The topological polar surface area (TPSA) is 32.3 Å². The van der Waals surface area contributed by atoms with Gasteiger partial charge in [0, 0.05) is 17.1 Å². The van der Waals surface area contributed by atoms with E-state index in [9.17, 15) is 4.79 Å². The van der Waals surface area contributed by atoms with E-state index in [4.69, 9.17) is 0 Å². The molecule has 0 unspecified atom stereocenters. The summed E-state index contributed by atoms with van der Waals surface area (Å²) in [7, 11) is 2.17. The molecule has 0 aromatic rings. The lowest BCUT2D eigenvalue weighted by molar-refractivity contribution is -0.118. The molecule has 1 heterocycles. The Kier molecular flexibility index (Phi) is 4.03. The normalized spacial score (nSPS) is 25.1. The van der Waals surface area contributed by atoms with E-state index in [1.165, 1.54) is 0 Å². The van der Waals surface area contributed by atoms with Gasteiger partial charge in [-0.2, -0.15) is 0 Å². The molecule has 17 heavy (non-hydrogen) atoms. The molecule has 0 saturated carbocycles. The van der Waals surface area contributed by atoms with Crippen LogP contribution < -0.4 is 5.32 Å². The summed E-state index contributed by atoms with van der Waals surface area (Å²) in [5, 5.41) is 3.10.